The molecule has 2 amide bonds. The van der Waals surface area contributed by atoms with Crippen LogP contribution in [-0.2, 0) is 22.7 Å². The number of carbonyl (C=O) groups excluding carboxylic acids is 2. The van der Waals surface area contributed by atoms with Crippen molar-refractivity contribution in [1.82, 2.24) is 14.0 Å². The molecule has 0 aliphatic rings. The lowest BCUT2D eigenvalue weighted by molar-refractivity contribution is -0.133. The molecule has 0 spiro atoms. The molecule has 1 aromatic heterocycles. The van der Waals surface area contributed by atoms with Crippen LogP contribution in [0.25, 0.3) is 11.0 Å². The third kappa shape index (κ3) is 4.81. The van der Waals surface area contributed by atoms with Crippen LogP contribution in [0.3, 0.4) is 0 Å². The fraction of sp³-hybridized carbons (Fsp3) is 0.318. The number of benzene rings is 2. The number of fused-ring (bicyclic) bond motifs is 1. The predicted octanol–water partition coefficient (Wildman–Crippen LogP) is 3.46. The van der Waals surface area contributed by atoms with Crippen molar-refractivity contribution in [3.05, 3.63) is 63.5 Å². The number of aryl methyl sites for hydroxylation is 2. The van der Waals surface area contributed by atoms with Gasteiger partial charge in [-0.1, -0.05) is 31.2 Å². The smallest absolute Gasteiger partial charge is 0.329 e. The number of nitrogens with zero attached hydrogens (tertiary/aromatic N) is 3. The number of likely N-dealkylation sites (N-methyl/N-ethyl adjacent to an activating group) is 1. The third-order valence-corrected chi connectivity index (χ3v) is 5.57. The molecular weight excluding hydrogens is 448 g/mol. The van der Waals surface area contributed by atoms with Crippen LogP contribution in [0.4, 0.5) is 5.69 Å². The molecule has 0 unspecified atom stereocenters. The zero-order valence-electron chi connectivity index (χ0n) is 17.1. The van der Waals surface area contributed by atoms with Crippen molar-refractivity contribution < 1.29 is 9.59 Å². The molecule has 0 aliphatic carbocycles. The van der Waals surface area contributed by atoms with E-state index >= 15 is 0 Å². The van der Waals surface area contributed by atoms with E-state index in [4.69, 9.17) is 0 Å². The fourth-order valence-electron chi connectivity index (χ4n) is 3.38. The first kappa shape index (κ1) is 21.8. The molecule has 1 N–H and O–H groups in total. The summed E-state index contributed by atoms with van der Waals surface area (Å²) in [6.07, 6.45) is 0.987. The van der Waals surface area contributed by atoms with Crippen LogP contribution in [0.15, 0.2) is 57.8 Å². The van der Waals surface area contributed by atoms with Crippen molar-refractivity contribution in [2.24, 2.45) is 0 Å². The van der Waals surface area contributed by atoms with Gasteiger partial charge in [-0.05, 0) is 46.6 Å². The fourth-order valence-corrected chi connectivity index (χ4v) is 3.77. The molecule has 8 heteroatoms. The maximum absolute atomic E-state index is 12.8. The molecule has 3 aromatic rings. The zero-order valence-corrected chi connectivity index (χ0v) is 18.7. The molecule has 7 nitrogen and oxygen atoms in total. The Labute approximate surface area is 183 Å². The molecule has 0 atom stereocenters. The third-order valence-electron chi connectivity index (χ3n) is 4.88. The second-order valence-electron chi connectivity index (χ2n) is 7.10. The monoisotopic (exact) mass is 472 g/mol. The van der Waals surface area contributed by atoms with Gasteiger partial charge in [0.2, 0.25) is 11.8 Å². The number of para-hydroxylation sites is 3. The summed E-state index contributed by atoms with van der Waals surface area (Å²) in [6.45, 7) is 2.86. The van der Waals surface area contributed by atoms with Gasteiger partial charge in [0.25, 0.3) is 0 Å². The number of amides is 2. The molecule has 30 heavy (non-hydrogen) atoms. The van der Waals surface area contributed by atoms with Crippen LogP contribution in [0.5, 0.6) is 0 Å². The Morgan fingerprint density at radius 2 is 1.60 bits per heavy atom. The van der Waals surface area contributed by atoms with Crippen molar-refractivity contribution in [2.75, 3.05) is 18.9 Å². The molecule has 3 rings (SSSR count). The highest BCUT2D eigenvalue weighted by molar-refractivity contribution is 9.10. The summed E-state index contributed by atoms with van der Waals surface area (Å²) in [5.41, 5.74) is 2.23. The number of rotatable bonds is 8. The molecule has 1 heterocycles. The first-order valence-electron chi connectivity index (χ1n) is 9.88. The van der Waals surface area contributed by atoms with Gasteiger partial charge in [0, 0.05) is 31.0 Å². The van der Waals surface area contributed by atoms with E-state index in [1.165, 1.54) is 4.90 Å². The minimum Gasteiger partial charge on any atom is -0.336 e. The summed E-state index contributed by atoms with van der Waals surface area (Å²) >= 11 is 3.38. The summed E-state index contributed by atoms with van der Waals surface area (Å²) in [4.78, 5) is 39.0. The largest absolute Gasteiger partial charge is 0.336 e. The predicted molar refractivity (Wildman–Crippen MR) is 122 cm³/mol. The Bertz CT molecular complexity index is 1120. The van der Waals surface area contributed by atoms with Crippen molar-refractivity contribution in [3.63, 3.8) is 0 Å². The number of hydrogen-bond acceptors (Lipinski definition) is 3. The Morgan fingerprint density at radius 3 is 2.23 bits per heavy atom. The summed E-state index contributed by atoms with van der Waals surface area (Å²) < 4.78 is 4.15. The Balaban J connectivity index is 1.64. The summed E-state index contributed by atoms with van der Waals surface area (Å²) in [7, 11) is 1.59. The van der Waals surface area contributed by atoms with E-state index in [1.54, 1.807) is 22.2 Å². The standard InChI is InChI=1S/C22H25BrN4O3/c1-3-13-26-18-10-6-7-11-19(18)27(22(26)30)14-12-21(29)25(2)15-20(28)24-17-9-5-4-8-16(17)23/h4-11H,3,12-15H2,1-2H3,(H,24,28). The molecule has 0 saturated carbocycles. The lowest BCUT2D eigenvalue weighted by Gasteiger charge is -2.17. The Kier molecular flexibility index (Phi) is 7.10. The van der Waals surface area contributed by atoms with Crippen molar-refractivity contribution in [2.45, 2.75) is 32.9 Å². The van der Waals surface area contributed by atoms with Gasteiger partial charge in [-0.15, -0.1) is 0 Å². The van der Waals surface area contributed by atoms with Crippen LogP contribution in [0, 0.1) is 0 Å². The molecule has 2 aromatic carbocycles. The minimum atomic E-state index is -0.283. The molecule has 158 valence electrons. The van der Waals surface area contributed by atoms with E-state index in [9.17, 15) is 14.4 Å². The van der Waals surface area contributed by atoms with Crippen LogP contribution in [0.1, 0.15) is 19.8 Å². The second-order valence-corrected chi connectivity index (χ2v) is 7.96. The van der Waals surface area contributed by atoms with Gasteiger partial charge in [-0.2, -0.15) is 0 Å². The first-order valence-corrected chi connectivity index (χ1v) is 10.7. The quantitative estimate of drug-likeness (QED) is 0.545. The number of halogens is 1. The maximum atomic E-state index is 12.8. The van der Waals surface area contributed by atoms with E-state index in [1.807, 2.05) is 49.4 Å². The molecule has 0 radical (unpaired) electrons. The van der Waals surface area contributed by atoms with Gasteiger partial charge in [0.1, 0.15) is 0 Å². The number of aromatic nitrogens is 2. The Morgan fingerprint density at radius 1 is 1.00 bits per heavy atom. The van der Waals surface area contributed by atoms with Crippen LogP contribution >= 0.6 is 15.9 Å². The highest BCUT2D eigenvalue weighted by Gasteiger charge is 2.17. The van der Waals surface area contributed by atoms with Crippen LogP contribution in [-0.4, -0.2) is 39.4 Å². The average molecular weight is 473 g/mol. The molecular formula is C22H25BrN4O3. The van der Waals surface area contributed by atoms with E-state index in [2.05, 4.69) is 21.2 Å². The summed E-state index contributed by atoms with van der Waals surface area (Å²) in [5.74, 6) is -0.481. The zero-order chi connectivity index (χ0) is 21.7. The van der Waals surface area contributed by atoms with E-state index in [-0.39, 0.29) is 37.0 Å². The van der Waals surface area contributed by atoms with Gasteiger partial charge in [0.05, 0.1) is 23.3 Å². The number of nitrogens with one attached hydrogen (secondary N) is 1. The molecule has 0 aliphatic heterocycles. The number of imidazole rings is 1. The molecule has 0 saturated heterocycles. The minimum absolute atomic E-state index is 0.0628. The maximum Gasteiger partial charge on any atom is 0.329 e. The first-order chi connectivity index (χ1) is 14.4. The van der Waals surface area contributed by atoms with Gasteiger partial charge in [0.15, 0.2) is 0 Å². The van der Waals surface area contributed by atoms with Gasteiger partial charge < -0.3 is 10.2 Å². The summed E-state index contributed by atoms with van der Waals surface area (Å²) in [6, 6.07) is 14.9. The highest BCUT2D eigenvalue weighted by Crippen LogP contribution is 2.21. The highest BCUT2D eigenvalue weighted by atomic mass is 79.9. The van der Waals surface area contributed by atoms with Crippen molar-refractivity contribution in [1.29, 1.82) is 0 Å². The SMILES string of the molecule is CCCn1c(=O)n(CCC(=O)N(C)CC(=O)Nc2ccccc2Br)c2ccccc21. The van der Waals surface area contributed by atoms with Gasteiger partial charge >= 0.3 is 5.69 Å². The van der Waals surface area contributed by atoms with Crippen molar-refractivity contribution in [3.8, 4) is 0 Å². The van der Waals surface area contributed by atoms with Crippen molar-refractivity contribution >= 4 is 44.5 Å². The van der Waals surface area contributed by atoms with E-state index < -0.39 is 0 Å². The lowest BCUT2D eigenvalue weighted by atomic mass is 10.3. The van der Waals surface area contributed by atoms with Crippen LogP contribution < -0.4 is 11.0 Å². The number of hydrogen-bond donors (Lipinski definition) is 1. The number of carbonyl (C=O) groups is 2. The molecule has 0 fully saturated rings. The normalized spacial score (nSPS) is 10.9. The lowest BCUT2D eigenvalue weighted by Crippen LogP contribution is -2.36. The van der Waals surface area contributed by atoms with Crippen LogP contribution in [0.2, 0.25) is 0 Å². The van der Waals surface area contributed by atoms with E-state index in [0.717, 1.165) is 21.9 Å². The average Bonchev–Trinajstić information content (AvgIpc) is 2.99. The topological polar surface area (TPSA) is 76.3 Å². The van der Waals surface area contributed by atoms with Gasteiger partial charge in [-0.3, -0.25) is 18.7 Å². The second kappa shape index (κ2) is 9.75. The van der Waals surface area contributed by atoms with Gasteiger partial charge in [-0.25, -0.2) is 4.79 Å². The summed E-state index contributed by atoms with van der Waals surface area (Å²) in [5, 5.41) is 2.78. The van der Waals surface area contributed by atoms with E-state index in [0.29, 0.717) is 12.2 Å². The number of anilines is 1. The molecule has 0 bridgehead atoms. The Hall–Kier alpha value is -2.87.